The third-order valence-corrected chi connectivity index (χ3v) is 4.91. The molecule has 0 spiro atoms. The van der Waals surface area contributed by atoms with E-state index in [1.165, 1.54) is 24.0 Å². The number of methoxy groups -OCH3 is 1. The molecule has 0 radical (unpaired) electrons. The van der Waals surface area contributed by atoms with E-state index in [1.807, 2.05) is 37.3 Å². The Labute approximate surface area is 155 Å². The van der Waals surface area contributed by atoms with E-state index in [-0.39, 0.29) is 5.91 Å². The van der Waals surface area contributed by atoms with Gasteiger partial charge in [0.15, 0.2) is 6.10 Å². The summed E-state index contributed by atoms with van der Waals surface area (Å²) in [5, 5.41) is 2.96. The summed E-state index contributed by atoms with van der Waals surface area (Å²) in [5.41, 5.74) is 3.72. The van der Waals surface area contributed by atoms with Crippen molar-refractivity contribution >= 4 is 5.91 Å². The highest BCUT2D eigenvalue weighted by Gasteiger charge is 2.19. The second kappa shape index (κ2) is 8.75. The summed E-state index contributed by atoms with van der Waals surface area (Å²) in [6, 6.07) is 13.9. The van der Waals surface area contributed by atoms with Gasteiger partial charge in [0, 0.05) is 12.1 Å². The topological polar surface area (TPSA) is 47.6 Å². The number of para-hydroxylation sites is 1. The lowest BCUT2D eigenvalue weighted by molar-refractivity contribution is -0.128. The van der Waals surface area contributed by atoms with Crippen molar-refractivity contribution < 1.29 is 14.3 Å². The van der Waals surface area contributed by atoms with Crippen molar-refractivity contribution in [3.8, 4) is 11.5 Å². The molecule has 0 saturated heterocycles. The average molecular weight is 353 g/mol. The van der Waals surface area contributed by atoms with Gasteiger partial charge in [0.2, 0.25) is 0 Å². The molecule has 0 aromatic heterocycles. The number of carbonyl (C=O) groups excluding carboxylic acids is 1. The zero-order chi connectivity index (χ0) is 18.4. The van der Waals surface area contributed by atoms with Crippen LogP contribution in [0.25, 0.3) is 0 Å². The molecule has 0 heterocycles. The number of ether oxygens (including phenoxy) is 2. The van der Waals surface area contributed by atoms with Crippen LogP contribution in [0.3, 0.4) is 0 Å². The van der Waals surface area contributed by atoms with E-state index in [1.54, 1.807) is 7.11 Å². The number of benzene rings is 2. The third-order valence-electron chi connectivity index (χ3n) is 4.91. The molecule has 1 atom stereocenters. The van der Waals surface area contributed by atoms with Crippen LogP contribution >= 0.6 is 0 Å². The highest BCUT2D eigenvalue weighted by atomic mass is 16.5. The predicted octanol–water partition coefficient (Wildman–Crippen LogP) is 4.05. The van der Waals surface area contributed by atoms with Crippen molar-refractivity contribution in [3.63, 3.8) is 0 Å². The molecule has 0 bridgehead atoms. The maximum Gasteiger partial charge on any atom is 0.261 e. The number of rotatable bonds is 7. The van der Waals surface area contributed by atoms with Crippen LogP contribution in [0, 0.1) is 0 Å². The highest BCUT2D eigenvalue weighted by Crippen LogP contribution is 2.26. The Morgan fingerprint density at radius 2 is 1.88 bits per heavy atom. The van der Waals surface area contributed by atoms with Crippen LogP contribution in [0.4, 0.5) is 0 Å². The van der Waals surface area contributed by atoms with Gasteiger partial charge in [-0.25, -0.2) is 0 Å². The fourth-order valence-electron chi connectivity index (χ4n) is 3.41. The number of aryl methyl sites for hydroxylation is 2. The number of fused-ring (bicyclic) bond motifs is 1. The van der Waals surface area contributed by atoms with Gasteiger partial charge in [0.1, 0.15) is 11.5 Å². The molecule has 1 aliphatic carbocycles. The van der Waals surface area contributed by atoms with Gasteiger partial charge >= 0.3 is 0 Å². The minimum atomic E-state index is -0.494. The number of hydrogen-bond donors (Lipinski definition) is 1. The van der Waals surface area contributed by atoms with Gasteiger partial charge in [-0.2, -0.15) is 0 Å². The van der Waals surface area contributed by atoms with Crippen molar-refractivity contribution in [1.82, 2.24) is 5.32 Å². The van der Waals surface area contributed by atoms with Crippen LogP contribution in [0.15, 0.2) is 42.5 Å². The van der Waals surface area contributed by atoms with Gasteiger partial charge in [0.05, 0.1) is 7.11 Å². The van der Waals surface area contributed by atoms with Gasteiger partial charge < -0.3 is 14.8 Å². The first kappa shape index (κ1) is 18.3. The molecule has 0 saturated carbocycles. The van der Waals surface area contributed by atoms with Crippen molar-refractivity contribution in [3.05, 3.63) is 59.2 Å². The number of carbonyl (C=O) groups is 1. The summed E-state index contributed by atoms with van der Waals surface area (Å²) < 4.78 is 11.3. The molecule has 1 N–H and O–H groups in total. The van der Waals surface area contributed by atoms with Gasteiger partial charge in [-0.3, -0.25) is 4.79 Å². The smallest absolute Gasteiger partial charge is 0.261 e. The largest absolute Gasteiger partial charge is 0.496 e. The number of hydrogen-bond acceptors (Lipinski definition) is 3. The fraction of sp³-hybridized carbons (Fsp3) is 0.409. The van der Waals surface area contributed by atoms with Crippen molar-refractivity contribution in [2.75, 3.05) is 7.11 Å². The third kappa shape index (κ3) is 4.37. The molecule has 0 unspecified atom stereocenters. The predicted molar refractivity (Wildman–Crippen MR) is 103 cm³/mol. The second-order valence-electron chi connectivity index (χ2n) is 6.68. The first-order valence-electron chi connectivity index (χ1n) is 9.39. The summed E-state index contributed by atoms with van der Waals surface area (Å²) in [4.78, 5) is 12.6. The van der Waals surface area contributed by atoms with Crippen LogP contribution in [-0.4, -0.2) is 19.1 Å². The highest BCUT2D eigenvalue weighted by molar-refractivity contribution is 5.81. The molecule has 4 heteroatoms. The lowest BCUT2D eigenvalue weighted by Gasteiger charge is -2.20. The van der Waals surface area contributed by atoms with Crippen molar-refractivity contribution in [2.24, 2.45) is 0 Å². The Morgan fingerprint density at radius 1 is 1.12 bits per heavy atom. The van der Waals surface area contributed by atoms with E-state index in [4.69, 9.17) is 9.47 Å². The van der Waals surface area contributed by atoms with Crippen LogP contribution in [0.2, 0.25) is 0 Å². The fourth-order valence-corrected chi connectivity index (χ4v) is 3.41. The van der Waals surface area contributed by atoms with E-state index in [9.17, 15) is 4.79 Å². The maximum absolute atomic E-state index is 12.6. The van der Waals surface area contributed by atoms with Crippen molar-refractivity contribution in [2.45, 2.75) is 51.7 Å². The lowest BCUT2D eigenvalue weighted by Crippen LogP contribution is -2.37. The Bertz CT molecular complexity index is 757. The van der Waals surface area contributed by atoms with E-state index in [2.05, 4.69) is 17.4 Å². The van der Waals surface area contributed by atoms with Crippen LogP contribution in [0.1, 0.15) is 42.9 Å². The van der Waals surface area contributed by atoms with E-state index < -0.39 is 6.10 Å². The van der Waals surface area contributed by atoms with Crippen molar-refractivity contribution in [1.29, 1.82) is 0 Å². The summed E-state index contributed by atoms with van der Waals surface area (Å²) in [5.74, 6) is 1.46. The summed E-state index contributed by atoms with van der Waals surface area (Å²) in [6.07, 6.45) is 4.86. The van der Waals surface area contributed by atoms with E-state index in [0.29, 0.717) is 13.0 Å². The summed E-state index contributed by atoms with van der Waals surface area (Å²) in [6.45, 7) is 2.39. The van der Waals surface area contributed by atoms with Gasteiger partial charge in [-0.1, -0.05) is 31.2 Å². The average Bonchev–Trinajstić information content (AvgIpc) is 2.70. The molecular formula is C22H27NO3. The molecule has 1 amide bonds. The standard InChI is InChI=1S/C22H27NO3/c1-3-20(22(24)23-15-18-10-6-7-11-21(18)25-2)26-19-13-12-16-8-4-5-9-17(16)14-19/h6-7,10-14,20H,3-5,8-9,15H2,1-2H3,(H,23,24)/t20-/m1/s1. The summed E-state index contributed by atoms with van der Waals surface area (Å²) >= 11 is 0. The molecule has 2 aromatic carbocycles. The first-order valence-corrected chi connectivity index (χ1v) is 9.39. The second-order valence-corrected chi connectivity index (χ2v) is 6.68. The normalized spacial score (nSPS) is 14.2. The Kier molecular flexibility index (Phi) is 6.16. The van der Waals surface area contributed by atoms with E-state index >= 15 is 0 Å². The molecule has 138 valence electrons. The van der Waals surface area contributed by atoms with E-state index in [0.717, 1.165) is 29.9 Å². The molecule has 0 aliphatic heterocycles. The minimum Gasteiger partial charge on any atom is -0.496 e. The molecule has 2 aromatic rings. The molecule has 0 fully saturated rings. The molecule has 3 rings (SSSR count). The zero-order valence-electron chi connectivity index (χ0n) is 15.6. The SMILES string of the molecule is CC[C@@H](Oc1ccc2c(c1)CCCC2)C(=O)NCc1ccccc1OC. The van der Waals surface area contributed by atoms with Gasteiger partial charge in [0.25, 0.3) is 5.91 Å². The lowest BCUT2D eigenvalue weighted by atomic mass is 9.92. The first-order chi connectivity index (χ1) is 12.7. The number of nitrogens with one attached hydrogen (secondary N) is 1. The zero-order valence-corrected chi connectivity index (χ0v) is 15.6. The molecule has 4 nitrogen and oxygen atoms in total. The van der Waals surface area contributed by atoms with Gasteiger partial charge in [-0.05, 0) is 61.4 Å². The Morgan fingerprint density at radius 3 is 2.65 bits per heavy atom. The van der Waals surface area contributed by atoms with Crippen LogP contribution in [-0.2, 0) is 24.2 Å². The molecule has 26 heavy (non-hydrogen) atoms. The number of amides is 1. The molecular weight excluding hydrogens is 326 g/mol. The Balaban J connectivity index is 1.62. The maximum atomic E-state index is 12.6. The van der Waals surface area contributed by atoms with Crippen LogP contribution < -0.4 is 14.8 Å². The molecule has 1 aliphatic rings. The van der Waals surface area contributed by atoms with Crippen LogP contribution in [0.5, 0.6) is 11.5 Å². The summed E-state index contributed by atoms with van der Waals surface area (Å²) in [7, 11) is 1.63. The Hall–Kier alpha value is -2.49. The monoisotopic (exact) mass is 353 g/mol. The minimum absolute atomic E-state index is 0.101. The quantitative estimate of drug-likeness (QED) is 0.817. The van der Waals surface area contributed by atoms with Gasteiger partial charge in [-0.15, -0.1) is 0 Å².